The molecular weight excluding hydrogens is 196 g/mol. The molecule has 88 valence electrons. The molecular formula is C15H22O. The summed E-state index contributed by atoms with van der Waals surface area (Å²) in [5.74, 6) is 0. The highest BCUT2D eigenvalue weighted by Gasteiger charge is 2.49. The average Bonchev–Trinajstić information content (AvgIpc) is 2.73. The van der Waals surface area contributed by atoms with Crippen LogP contribution in [0, 0.1) is 6.92 Å². The Balaban J connectivity index is 2.32. The van der Waals surface area contributed by atoms with Gasteiger partial charge in [-0.15, -0.1) is 0 Å². The summed E-state index contributed by atoms with van der Waals surface area (Å²) >= 11 is 0. The fourth-order valence-corrected chi connectivity index (χ4v) is 2.14. The molecule has 0 bridgehead atoms. The van der Waals surface area contributed by atoms with Crippen molar-refractivity contribution in [2.75, 3.05) is 0 Å². The lowest BCUT2D eigenvalue weighted by Gasteiger charge is -2.20. The van der Waals surface area contributed by atoms with Gasteiger partial charge < -0.3 is 4.74 Å². The highest BCUT2D eigenvalue weighted by atomic mass is 16.6. The Bertz CT molecular complexity index is 410. The summed E-state index contributed by atoms with van der Waals surface area (Å²) in [6, 6.07) is 6.77. The number of hydrogen-bond donors (Lipinski definition) is 0. The lowest BCUT2D eigenvalue weighted by atomic mass is 9.84. The van der Waals surface area contributed by atoms with Gasteiger partial charge >= 0.3 is 0 Å². The van der Waals surface area contributed by atoms with Crippen LogP contribution in [0.3, 0.4) is 0 Å². The number of ether oxygens (including phenoxy) is 1. The van der Waals surface area contributed by atoms with Crippen LogP contribution in [0.5, 0.6) is 0 Å². The van der Waals surface area contributed by atoms with Crippen LogP contribution < -0.4 is 0 Å². The third-order valence-corrected chi connectivity index (χ3v) is 3.41. The van der Waals surface area contributed by atoms with Crippen molar-refractivity contribution in [3.05, 3.63) is 34.9 Å². The fourth-order valence-electron chi connectivity index (χ4n) is 2.14. The molecule has 0 aromatic heterocycles. The highest BCUT2D eigenvalue weighted by molar-refractivity contribution is 5.38. The zero-order chi connectivity index (χ0) is 12.1. The van der Waals surface area contributed by atoms with Crippen molar-refractivity contribution in [1.29, 1.82) is 0 Å². The van der Waals surface area contributed by atoms with Gasteiger partial charge in [-0.3, -0.25) is 0 Å². The molecule has 1 aliphatic rings. The summed E-state index contributed by atoms with van der Waals surface area (Å²) in [4.78, 5) is 0. The Morgan fingerprint density at radius 3 is 2.12 bits per heavy atom. The predicted molar refractivity (Wildman–Crippen MR) is 67.8 cm³/mol. The van der Waals surface area contributed by atoms with Crippen LogP contribution in [0.2, 0.25) is 0 Å². The molecule has 0 N–H and O–H groups in total. The van der Waals surface area contributed by atoms with E-state index in [0.29, 0.717) is 6.10 Å². The molecule has 0 saturated carbocycles. The number of benzene rings is 1. The van der Waals surface area contributed by atoms with Crippen molar-refractivity contribution >= 4 is 0 Å². The molecule has 1 fully saturated rings. The Labute approximate surface area is 98.8 Å². The Kier molecular flexibility index (Phi) is 2.43. The Morgan fingerprint density at radius 2 is 1.75 bits per heavy atom. The second kappa shape index (κ2) is 3.33. The fraction of sp³-hybridized carbons (Fsp3) is 0.600. The van der Waals surface area contributed by atoms with Gasteiger partial charge in [-0.05, 0) is 42.9 Å². The second-order valence-electron chi connectivity index (χ2n) is 6.42. The van der Waals surface area contributed by atoms with E-state index in [-0.39, 0.29) is 11.0 Å². The maximum absolute atomic E-state index is 5.70. The molecule has 1 atom stereocenters. The third kappa shape index (κ3) is 2.01. The molecule has 1 aromatic rings. The smallest absolute Gasteiger partial charge is 0.112 e. The monoisotopic (exact) mass is 218 g/mol. The summed E-state index contributed by atoms with van der Waals surface area (Å²) in [5.41, 5.74) is 4.35. The van der Waals surface area contributed by atoms with Crippen LogP contribution in [-0.2, 0) is 10.2 Å². The maximum Gasteiger partial charge on any atom is 0.112 e. The van der Waals surface area contributed by atoms with Gasteiger partial charge in [0.25, 0.3) is 0 Å². The van der Waals surface area contributed by atoms with Gasteiger partial charge in [0.05, 0.1) is 5.60 Å². The quantitative estimate of drug-likeness (QED) is 0.645. The van der Waals surface area contributed by atoms with E-state index in [1.807, 2.05) is 0 Å². The molecule has 1 aliphatic heterocycles. The highest BCUT2D eigenvalue weighted by Crippen LogP contribution is 2.49. The van der Waals surface area contributed by atoms with Gasteiger partial charge in [-0.1, -0.05) is 39.0 Å². The van der Waals surface area contributed by atoms with E-state index in [2.05, 4.69) is 59.7 Å². The third-order valence-electron chi connectivity index (χ3n) is 3.41. The molecule has 1 heterocycles. The first-order valence-electron chi connectivity index (χ1n) is 6.01. The Hall–Kier alpha value is -0.820. The van der Waals surface area contributed by atoms with E-state index in [0.717, 1.165) is 0 Å². The first kappa shape index (κ1) is 11.7. The minimum atomic E-state index is 0.0357. The molecule has 1 unspecified atom stereocenters. The second-order valence-corrected chi connectivity index (χ2v) is 6.42. The summed E-state index contributed by atoms with van der Waals surface area (Å²) in [5, 5.41) is 0. The van der Waals surface area contributed by atoms with Crippen LogP contribution >= 0.6 is 0 Å². The van der Waals surface area contributed by atoms with E-state index < -0.39 is 0 Å². The minimum absolute atomic E-state index is 0.0357. The van der Waals surface area contributed by atoms with Crippen LogP contribution in [0.1, 0.15) is 57.4 Å². The summed E-state index contributed by atoms with van der Waals surface area (Å²) < 4.78 is 5.70. The predicted octanol–water partition coefficient (Wildman–Crippen LogP) is 4.14. The van der Waals surface area contributed by atoms with Gasteiger partial charge in [0, 0.05) is 0 Å². The van der Waals surface area contributed by atoms with Crippen molar-refractivity contribution in [1.82, 2.24) is 0 Å². The molecule has 0 radical (unpaired) electrons. The van der Waals surface area contributed by atoms with Crippen LogP contribution in [-0.4, -0.2) is 5.60 Å². The van der Waals surface area contributed by atoms with Gasteiger partial charge in [0.2, 0.25) is 0 Å². The first-order valence-corrected chi connectivity index (χ1v) is 6.01. The molecule has 0 aliphatic carbocycles. The van der Waals surface area contributed by atoms with E-state index >= 15 is 0 Å². The largest absolute Gasteiger partial charge is 0.362 e. The first-order chi connectivity index (χ1) is 7.22. The van der Waals surface area contributed by atoms with Crippen LogP contribution in [0.25, 0.3) is 0 Å². The summed E-state index contributed by atoms with van der Waals surface area (Å²) in [6.45, 7) is 13.2. The van der Waals surface area contributed by atoms with Crippen molar-refractivity contribution in [2.45, 2.75) is 58.7 Å². The molecule has 0 amide bonds. The van der Waals surface area contributed by atoms with Crippen LogP contribution in [0.15, 0.2) is 18.2 Å². The number of rotatable bonds is 1. The van der Waals surface area contributed by atoms with Gasteiger partial charge in [0.1, 0.15) is 6.10 Å². The lowest BCUT2D eigenvalue weighted by molar-refractivity contribution is 0.325. The van der Waals surface area contributed by atoms with Gasteiger partial charge in [0.15, 0.2) is 0 Å². The zero-order valence-corrected chi connectivity index (χ0v) is 11.2. The SMILES string of the molecule is Cc1cc(C(C)(C)C)ccc1C1OC1(C)C. The number of epoxide rings is 1. The normalized spacial score (nSPS) is 23.2. The standard InChI is InChI=1S/C15H22O/c1-10-9-11(14(2,3)4)7-8-12(10)13-15(5,6)16-13/h7-9,13H,1-6H3. The van der Waals surface area contributed by atoms with Crippen LogP contribution in [0.4, 0.5) is 0 Å². The molecule has 1 saturated heterocycles. The molecule has 0 spiro atoms. The maximum atomic E-state index is 5.70. The van der Waals surface area contributed by atoms with E-state index in [4.69, 9.17) is 4.74 Å². The molecule has 1 heteroatoms. The van der Waals surface area contributed by atoms with E-state index in [9.17, 15) is 0 Å². The topological polar surface area (TPSA) is 12.5 Å². The number of hydrogen-bond acceptors (Lipinski definition) is 1. The van der Waals surface area contributed by atoms with E-state index in [1.54, 1.807) is 0 Å². The molecule has 1 nitrogen and oxygen atoms in total. The van der Waals surface area contributed by atoms with E-state index in [1.165, 1.54) is 16.7 Å². The average molecular weight is 218 g/mol. The van der Waals surface area contributed by atoms with Crippen molar-refractivity contribution in [3.63, 3.8) is 0 Å². The van der Waals surface area contributed by atoms with Crippen molar-refractivity contribution in [3.8, 4) is 0 Å². The zero-order valence-electron chi connectivity index (χ0n) is 11.2. The number of aryl methyl sites for hydroxylation is 1. The van der Waals surface area contributed by atoms with Gasteiger partial charge in [-0.2, -0.15) is 0 Å². The summed E-state index contributed by atoms with van der Waals surface area (Å²) in [7, 11) is 0. The van der Waals surface area contributed by atoms with Gasteiger partial charge in [-0.25, -0.2) is 0 Å². The van der Waals surface area contributed by atoms with Crippen molar-refractivity contribution in [2.24, 2.45) is 0 Å². The molecule has 2 rings (SSSR count). The minimum Gasteiger partial charge on any atom is -0.362 e. The lowest BCUT2D eigenvalue weighted by Crippen LogP contribution is -2.11. The van der Waals surface area contributed by atoms with Crippen molar-refractivity contribution < 1.29 is 4.74 Å². The Morgan fingerprint density at radius 1 is 1.19 bits per heavy atom. The molecule has 16 heavy (non-hydrogen) atoms. The molecule has 1 aromatic carbocycles. The summed E-state index contributed by atoms with van der Waals surface area (Å²) in [6.07, 6.45) is 0.293.